The first-order valence-corrected chi connectivity index (χ1v) is 5.19. The summed E-state index contributed by atoms with van der Waals surface area (Å²) >= 11 is 11.5. The topological polar surface area (TPSA) is 63.6 Å². The number of benzene rings is 1. The van der Waals surface area contributed by atoms with Crippen LogP contribution in [0.15, 0.2) is 24.3 Å². The fraction of sp³-hybridized carbons (Fsp3) is 0.0909. The van der Waals surface area contributed by atoms with E-state index >= 15 is 0 Å². The van der Waals surface area contributed by atoms with E-state index in [2.05, 4.69) is 4.74 Å². The van der Waals surface area contributed by atoms with E-state index in [0.717, 1.165) is 13.2 Å². The molecule has 90 valence electrons. The summed E-state index contributed by atoms with van der Waals surface area (Å²) < 4.78 is 4.20. The molecule has 1 aromatic rings. The third kappa shape index (κ3) is 3.47. The van der Waals surface area contributed by atoms with E-state index < -0.39 is 17.5 Å². The molecule has 1 rings (SSSR count). The van der Waals surface area contributed by atoms with Crippen molar-refractivity contribution >= 4 is 40.7 Å². The minimum absolute atomic E-state index is 0.163. The first-order chi connectivity index (χ1) is 7.95. The predicted octanol–water partition coefficient (Wildman–Crippen LogP) is 2.63. The molecule has 4 nitrogen and oxygen atoms in total. The Morgan fingerprint density at radius 1 is 1.35 bits per heavy atom. The van der Waals surface area contributed by atoms with Gasteiger partial charge in [-0.05, 0) is 18.2 Å². The Morgan fingerprint density at radius 2 is 2.00 bits per heavy atom. The number of carbonyl (C=O) groups excluding carboxylic acids is 2. The minimum atomic E-state index is -1.07. The highest BCUT2D eigenvalue weighted by Gasteiger charge is 2.14. The number of rotatable bonds is 3. The lowest BCUT2D eigenvalue weighted by atomic mass is 10.1. The smallest absolute Gasteiger partial charge is 0.378 e. The molecule has 0 aromatic heterocycles. The van der Waals surface area contributed by atoms with Gasteiger partial charge in [0.25, 0.3) is 5.78 Å². The van der Waals surface area contributed by atoms with E-state index in [0.29, 0.717) is 5.02 Å². The van der Waals surface area contributed by atoms with E-state index in [9.17, 15) is 14.7 Å². The van der Waals surface area contributed by atoms with E-state index in [4.69, 9.17) is 23.2 Å². The molecule has 0 atom stereocenters. The van der Waals surface area contributed by atoms with E-state index in [1.165, 1.54) is 18.2 Å². The number of aliphatic hydroxyl groups excluding tert-OH is 1. The summed E-state index contributed by atoms with van der Waals surface area (Å²) in [6, 6.07) is 4.37. The number of esters is 1. The molecule has 6 heteroatoms. The summed E-state index contributed by atoms with van der Waals surface area (Å²) in [4.78, 5) is 22.0. The summed E-state index contributed by atoms with van der Waals surface area (Å²) in [5.41, 5.74) is 0.163. The van der Waals surface area contributed by atoms with Crippen LogP contribution in [0.4, 0.5) is 0 Å². The summed E-state index contributed by atoms with van der Waals surface area (Å²) in [6.45, 7) is 0. The standard InChI is InChI=1S/C11H8Cl2O4/c1-17-11(16)10(15)5-9(14)7-4-6(12)2-3-8(7)13/h2-5,14H,1H3/b9-5-. The maximum Gasteiger partial charge on any atom is 0.378 e. The third-order valence-corrected chi connectivity index (χ3v) is 2.42. The Morgan fingerprint density at radius 3 is 2.59 bits per heavy atom. The van der Waals surface area contributed by atoms with Gasteiger partial charge in [0.15, 0.2) is 0 Å². The van der Waals surface area contributed by atoms with E-state index in [-0.39, 0.29) is 10.6 Å². The van der Waals surface area contributed by atoms with Gasteiger partial charge in [-0.25, -0.2) is 4.79 Å². The average Bonchev–Trinajstić information content (AvgIpc) is 2.30. The van der Waals surface area contributed by atoms with Crippen molar-refractivity contribution in [2.24, 2.45) is 0 Å². The molecular formula is C11H8Cl2O4. The van der Waals surface area contributed by atoms with Gasteiger partial charge in [0, 0.05) is 16.7 Å². The molecule has 0 saturated heterocycles. The van der Waals surface area contributed by atoms with E-state index in [1.807, 2.05) is 0 Å². The van der Waals surface area contributed by atoms with Crippen LogP contribution in [0.3, 0.4) is 0 Å². The first-order valence-electron chi connectivity index (χ1n) is 4.44. The molecule has 0 saturated carbocycles. The molecule has 0 aliphatic rings. The summed E-state index contributed by atoms with van der Waals surface area (Å²) in [5.74, 6) is -2.51. The molecule has 0 radical (unpaired) electrons. The van der Waals surface area contributed by atoms with Gasteiger partial charge in [0.2, 0.25) is 0 Å². The van der Waals surface area contributed by atoms with Crippen molar-refractivity contribution in [1.82, 2.24) is 0 Å². The second kappa shape index (κ2) is 5.70. The van der Waals surface area contributed by atoms with Gasteiger partial charge in [-0.2, -0.15) is 0 Å². The van der Waals surface area contributed by atoms with Crippen molar-refractivity contribution in [2.45, 2.75) is 0 Å². The Bertz CT molecular complexity index is 494. The number of ketones is 1. The van der Waals surface area contributed by atoms with Crippen LogP contribution in [0.5, 0.6) is 0 Å². The molecule has 0 bridgehead atoms. The normalized spacial score (nSPS) is 11.1. The second-order valence-electron chi connectivity index (χ2n) is 3.01. The molecule has 17 heavy (non-hydrogen) atoms. The molecule has 0 heterocycles. The van der Waals surface area contributed by atoms with Crippen LogP contribution in [0, 0.1) is 0 Å². The second-order valence-corrected chi connectivity index (χ2v) is 3.85. The van der Waals surface area contributed by atoms with Crippen LogP contribution in [0.2, 0.25) is 10.0 Å². The number of methoxy groups -OCH3 is 1. The highest BCUT2D eigenvalue weighted by molar-refractivity contribution is 6.40. The van der Waals surface area contributed by atoms with Crippen molar-refractivity contribution in [3.8, 4) is 0 Å². The van der Waals surface area contributed by atoms with Crippen LogP contribution in [0.25, 0.3) is 5.76 Å². The molecule has 0 spiro atoms. The highest BCUT2D eigenvalue weighted by atomic mass is 35.5. The van der Waals surface area contributed by atoms with Crippen molar-refractivity contribution in [3.63, 3.8) is 0 Å². The Hall–Kier alpha value is -1.52. The van der Waals surface area contributed by atoms with Gasteiger partial charge in [-0.1, -0.05) is 23.2 Å². The quantitative estimate of drug-likeness (QED) is 0.398. The molecular weight excluding hydrogens is 267 g/mol. The summed E-state index contributed by atoms with van der Waals surface area (Å²) in [5, 5.41) is 10.2. The largest absolute Gasteiger partial charge is 0.507 e. The summed E-state index contributed by atoms with van der Waals surface area (Å²) in [6.07, 6.45) is 0.726. The molecule has 1 N–H and O–H groups in total. The van der Waals surface area contributed by atoms with Crippen molar-refractivity contribution in [1.29, 1.82) is 0 Å². The van der Waals surface area contributed by atoms with Crippen LogP contribution in [-0.2, 0) is 14.3 Å². The monoisotopic (exact) mass is 274 g/mol. The van der Waals surface area contributed by atoms with Gasteiger partial charge in [-0.3, -0.25) is 4.79 Å². The fourth-order valence-corrected chi connectivity index (χ4v) is 1.44. The van der Waals surface area contributed by atoms with Gasteiger partial charge >= 0.3 is 5.97 Å². The minimum Gasteiger partial charge on any atom is -0.507 e. The molecule has 0 aliphatic heterocycles. The molecule has 0 unspecified atom stereocenters. The number of aliphatic hydroxyl groups is 1. The average molecular weight is 275 g/mol. The zero-order valence-corrected chi connectivity index (χ0v) is 10.2. The van der Waals surface area contributed by atoms with Gasteiger partial charge in [-0.15, -0.1) is 0 Å². The van der Waals surface area contributed by atoms with Crippen LogP contribution < -0.4 is 0 Å². The fourth-order valence-electron chi connectivity index (χ4n) is 1.06. The van der Waals surface area contributed by atoms with Gasteiger partial charge < -0.3 is 9.84 Å². The molecule has 1 aromatic carbocycles. The van der Waals surface area contributed by atoms with Gasteiger partial charge in [0.05, 0.1) is 12.1 Å². The number of carbonyl (C=O) groups is 2. The third-order valence-electron chi connectivity index (χ3n) is 1.86. The maximum atomic E-state index is 11.2. The summed E-state index contributed by atoms with van der Waals surface area (Å²) in [7, 11) is 1.07. The van der Waals surface area contributed by atoms with Gasteiger partial charge in [0.1, 0.15) is 5.76 Å². The highest BCUT2D eigenvalue weighted by Crippen LogP contribution is 2.25. The molecule has 0 fully saturated rings. The van der Waals surface area contributed by atoms with Crippen molar-refractivity contribution in [3.05, 3.63) is 39.9 Å². The Kier molecular flexibility index (Phi) is 4.54. The molecule has 0 amide bonds. The lowest BCUT2D eigenvalue weighted by Gasteiger charge is -2.03. The SMILES string of the molecule is COC(=O)C(=O)/C=C(\O)c1cc(Cl)ccc1Cl. The number of ether oxygens (including phenoxy) is 1. The van der Waals surface area contributed by atoms with Crippen molar-refractivity contribution < 1.29 is 19.4 Å². The lowest BCUT2D eigenvalue weighted by Crippen LogP contribution is -2.13. The first kappa shape index (κ1) is 13.5. The number of halogens is 2. The number of hydrogen-bond donors (Lipinski definition) is 1. The van der Waals surface area contributed by atoms with Crippen LogP contribution in [-0.4, -0.2) is 24.0 Å². The molecule has 0 aliphatic carbocycles. The predicted molar refractivity (Wildman–Crippen MR) is 64.1 cm³/mol. The maximum absolute atomic E-state index is 11.2. The van der Waals surface area contributed by atoms with Crippen molar-refractivity contribution in [2.75, 3.05) is 7.11 Å². The van der Waals surface area contributed by atoms with Crippen LogP contribution in [0.1, 0.15) is 5.56 Å². The zero-order valence-electron chi connectivity index (χ0n) is 8.74. The Labute approximate surface area is 107 Å². The zero-order chi connectivity index (χ0) is 13.0. The van der Waals surface area contributed by atoms with Crippen LogP contribution >= 0.6 is 23.2 Å². The lowest BCUT2D eigenvalue weighted by molar-refractivity contribution is -0.149. The number of hydrogen-bond acceptors (Lipinski definition) is 4. The van der Waals surface area contributed by atoms with E-state index in [1.54, 1.807) is 0 Å². The Balaban J connectivity index is 3.07.